The highest BCUT2D eigenvalue weighted by atomic mass is 32.2. The van der Waals surface area contributed by atoms with Gasteiger partial charge in [-0.25, -0.2) is 8.42 Å². The number of ether oxygens (including phenoxy) is 2. The zero-order chi connectivity index (χ0) is 28.1. The zero-order valence-electron chi connectivity index (χ0n) is 22.1. The van der Waals surface area contributed by atoms with Crippen LogP contribution in [0, 0.1) is 0 Å². The van der Waals surface area contributed by atoms with E-state index in [1.807, 2.05) is 133 Å². The molecular weight excluding hydrogens is 528 g/mol. The van der Waals surface area contributed by atoms with Gasteiger partial charge in [0.2, 0.25) is 9.84 Å². The molecular formula is C36H26O4S. The second kappa shape index (κ2) is 11.5. The Labute approximate surface area is 240 Å². The molecule has 6 rings (SSSR count). The lowest BCUT2D eigenvalue weighted by atomic mass is 10.1. The number of rotatable bonds is 8. The van der Waals surface area contributed by atoms with E-state index in [4.69, 9.17) is 9.47 Å². The third-order valence-electron chi connectivity index (χ3n) is 6.64. The Morgan fingerprint density at radius 1 is 0.341 bits per heavy atom. The Morgan fingerprint density at radius 3 is 1.05 bits per heavy atom. The van der Waals surface area contributed by atoms with Crippen LogP contribution in [0.3, 0.4) is 0 Å². The SMILES string of the molecule is O=S(=O)(c1ccccc1-c1ccc(Oc2ccccc2)cc1)c1ccccc1-c1ccc(Oc2ccccc2)cc1. The summed E-state index contributed by atoms with van der Waals surface area (Å²) in [7, 11) is -3.88. The summed E-state index contributed by atoms with van der Waals surface area (Å²) in [5.74, 6) is 2.81. The van der Waals surface area contributed by atoms with E-state index < -0.39 is 9.84 Å². The maximum absolute atomic E-state index is 14.2. The van der Waals surface area contributed by atoms with Gasteiger partial charge < -0.3 is 9.47 Å². The number of benzene rings is 6. The summed E-state index contributed by atoms with van der Waals surface area (Å²) in [5.41, 5.74) is 2.81. The van der Waals surface area contributed by atoms with Crippen molar-refractivity contribution in [3.05, 3.63) is 158 Å². The quantitative estimate of drug-likeness (QED) is 0.188. The summed E-state index contributed by atoms with van der Waals surface area (Å²) in [6.07, 6.45) is 0. The van der Waals surface area contributed by atoms with Crippen molar-refractivity contribution >= 4 is 9.84 Å². The van der Waals surface area contributed by atoms with Gasteiger partial charge in [0.1, 0.15) is 23.0 Å². The standard InChI is InChI=1S/C36H26O4S/c37-41(38,35-17-9-7-15-33(35)27-19-23-31(24-20-27)39-29-11-3-1-4-12-29)36-18-10-8-16-34(36)28-21-25-32(26-22-28)40-30-13-5-2-6-14-30/h1-26H. The zero-order valence-corrected chi connectivity index (χ0v) is 22.9. The molecule has 0 aromatic heterocycles. The molecule has 0 saturated carbocycles. The van der Waals surface area contributed by atoms with Crippen molar-refractivity contribution in [1.82, 2.24) is 0 Å². The van der Waals surface area contributed by atoms with Crippen LogP contribution in [0.2, 0.25) is 0 Å². The van der Waals surface area contributed by atoms with Crippen LogP contribution in [0.4, 0.5) is 0 Å². The molecule has 6 aromatic rings. The van der Waals surface area contributed by atoms with Crippen molar-refractivity contribution in [2.24, 2.45) is 0 Å². The summed E-state index contributed by atoms with van der Waals surface area (Å²) in [4.78, 5) is 0.487. The van der Waals surface area contributed by atoms with E-state index in [0.29, 0.717) is 22.6 Å². The molecule has 0 fully saturated rings. The van der Waals surface area contributed by atoms with Gasteiger partial charge in [-0.1, -0.05) is 97.1 Å². The second-order valence-corrected chi connectivity index (χ2v) is 11.3. The van der Waals surface area contributed by atoms with Crippen LogP contribution in [0.1, 0.15) is 0 Å². The van der Waals surface area contributed by atoms with E-state index in [1.165, 1.54) is 0 Å². The maximum Gasteiger partial charge on any atom is 0.207 e. The monoisotopic (exact) mass is 554 g/mol. The van der Waals surface area contributed by atoms with E-state index in [9.17, 15) is 8.42 Å². The first-order valence-electron chi connectivity index (χ1n) is 13.2. The molecule has 200 valence electrons. The lowest BCUT2D eigenvalue weighted by Gasteiger charge is -2.15. The van der Waals surface area contributed by atoms with Crippen molar-refractivity contribution in [2.75, 3.05) is 0 Å². The molecule has 0 aliphatic heterocycles. The van der Waals surface area contributed by atoms with E-state index in [1.54, 1.807) is 24.3 Å². The van der Waals surface area contributed by atoms with Crippen LogP contribution in [0.25, 0.3) is 22.3 Å². The minimum absolute atomic E-state index is 0.244. The molecule has 0 aliphatic rings. The fraction of sp³-hybridized carbons (Fsp3) is 0. The first-order valence-corrected chi connectivity index (χ1v) is 14.7. The largest absolute Gasteiger partial charge is 0.457 e. The highest BCUT2D eigenvalue weighted by Crippen LogP contribution is 2.37. The molecule has 0 N–H and O–H groups in total. The van der Waals surface area contributed by atoms with Gasteiger partial charge in [-0.2, -0.15) is 0 Å². The van der Waals surface area contributed by atoms with Gasteiger partial charge in [0, 0.05) is 11.1 Å². The van der Waals surface area contributed by atoms with Gasteiger partial charge in [0.05, 0.1) is 9.79 Å². The summed E-state index contributed by atoms with van der Waals surface area (Å²) in [6, 6.07) is 48.1. The molecule has 6 aromatic carbocycles. The number of para-hydroxylation sites is 2. The highest BCUT2D eigenvalue weighted by Gasteiger charge is 2.25. The van der Waals surface area contributed by atoms with Crippen LogP contribution >= 0.6 is 0 Å². The summed E-state index contributed by atoms with van der Waals surface area (Å²) < 4.78 is 40.2. The molecule has 0 unspecified atom stereocenters. The molecule has 0 heterocycles. The van der Waals surface area contributed by atoms with Gasteiger partial charge in [-0.3, -0.25) is 0 Å². The van der Waals surface area contributed by atoms with E-state index in [2.05, 4.69) is 0 Å². The maximum atomic E-state index is 14.2. The number of hydrogen-bond acceptors (Lipinski definition) is 4. The van der Waals surface area contributed by atoms with Gasteiger partial charge in [-0.15, -0.1) is 0 Å². The van der Waals surface area contributed by atoms with Gasteiger partial charge in [0.15, 0.2) is 0 Å². The first kappa shape index (κ1) is 26.1. The average molecular weight is 555 g/mol. The van der Waals surface area contributed by atoms with Crippen LogP contribution in [-0.4, -0.2) is 8.42 Å². The number of hydrogen-bond donors (Lipinski definition) is 0. The molecule has 0 aliphatic carbocycles. The Hall–Kier alpha value is -5.13. The predicted octanol–water partition coefficient (Wildman–Crippen LogP) is 9.44. The first-order chi connectivity index (χ1) is 20.1. The molecule has 41 heavy (non-hydrogen) atoms. The second-order valence-electron chi connectivity index (χ2n) is 9.37. The van der Waals surface area contributed by atoms with Crippen molar-refractivity contribution < 1.29 is 17.9 Å². The third-order valence-corrected chi connectivity index (χ3v) is 8.51. The van der Waals surface area contributed by atoms with E-state index in [0.717, 1.165) is 22.6 Å². The van der Waals surface area contributed by atoms with Crippen molar-refractivity contribution in [1.29, 1.82) is 0 Å². The summed E-state index contributed by atoms with van der Waals surface area (Å²) in [5, 5.41) is 0. The molecule has 0 radical (unpaired) electrons. The molecule has 4 nitrogen and oxygen atoms in total. The van der Waals surface area contributed by atoms with Crippen LogP contribution in [0.5, 0.6) is 23.0 Å². The molecule has 0 amide bonds. The van der Waals surface area contributed by atoms with Crippen LogP contribution < -0.4 is 9.47 Å². The van der Waals surface area contributed by atoms with Crippen LogP contribution in [0.15, 0.2) is 168 Å². The van der Waals surface area contributed by atoms with Gasteiger partial charge in [0.25, 0.3) is 0 Å². The van der Waals surface area contributed by atoms with E-state index >= 15 is 0 Å². The molecule has 0 saturated heterocycles. The fourth-order valence-corrected chi connectivity index (χ4v) is 6.35. The topological polar surface area (TPSA) is 52.6 Å². The van der Waals surface area contributed by atoms with Gasteiger partial charge >= 0.3 is 0 Å². The Kier molecular flexibility index (Phi) is 7.35. The molecule has 0 spiro atoms. The smallest absolute Gasteiger partial charge is 0.207 e. The Morgan fingerprint density at radius 2 is 0.659 bits per heavy atom. The Balaban J connectivity index is 1.32. The minimum atomic E-state index is -3.88. The lowest BCUT2D eigenvalue weighted by Crippen LogP contribution is -2.06. The Bertz CT molecular complexity index is 1730. The lowest BCUT2D eigenvalue weighted by molar-refractivity contribution is 0.482. The number of sulfone groups is 1. The average Bonchev–Trinajstić information content (AvgIpc) is 3.03. The van der Waals surface area contributed by atoms with Crippen LogP contribution in [-0.2, 0) is 9.84 Å². The molecule has 0 bridgehead atoms. The summed E-state index contributed by atoms with van der Waals surface area (Å²) >= 11 is 0. The molecule has 0 atom stereocenters. The van der Waals surface area contributed by atoms with Crippen molar-refractivity contribution in [3.63, 3.8) is 0 Å². The normalized spacial score (nSPS) is 11.1. The third kappa shape index (κ3) is 5.76. The van der Waals surface area contributed by atoms with Crippen molar-refractivity contribution in [3.8, 4) is 45.3 Å². The minimum Gasteiger partial charge on any atom is -0.457 e. The van der Waals surface area contributed by atoms with Gasteiger partial charge in [-0.05, 0) is 71.8 Å². The fourth-order valence-electron chi connectivity index (χ4n) is 4.65. The van der Waals surface area contributed by atoms with E-state index in [-0.39, 0.29) is 9.79 Å². The molecule has 5 heteroatoms. The highest BCUT2D eigenvalue weighted by molar-refractivity contribution is 7.91. The summed E-state index contributed by atoms with van der Waals surface area (Å²) in [6.45, 7) is 0. The predicted molar refractivity (Wildman–Crippen MR) is 162 cm³/mol. The van der Waals surface area contributed by atoms with Crippen molar-refractivity contribution in [2.45, 2.75) is 9.79 Å².